The van der Waals surface area contributed by atoms with Gasteiger partial charge in [0, 0.05) is 32.3 Å². The minimum atomic E-state index is -3.60. The lowest BCUT2D eigenvalue weighted by molar-refractivity contribution is 0.0689. The molecule has 0 unspecified atom stereocenters. The molecule has 0 saturated heterocycles. The summed E-state index contributed by atoms with van der Waals surface area (Å²) >= 11 is 0. The second-order valence-electron chi connectivity index (χ2n) is 7.75. The zero-order valence-electron chi connectivity index (χ0n) is 17.6. The quantitative estimate of drug-likeness (QED) is 0.651. The number of nitrogens with one attached hydrogen (secondary N) is 1. The van der Waals surface area contributed by atoms with E-state index in [9.17, 15) is 13.2 Å². The van der Waals surface area contributed by atoms with E-state index < -0.39 is 10.0 Å². The predicted molar refractivity (Wildman–Crippen MR) is 117 cm³/mol. The normalized spacial score (nSPS) is 19.4. The molecule has 1 saturated carbocycles. The molecule has 1 fully saturated rings. The van der Waals surface area contributed by atoms with Crippen LogP contribution in [0, 0.1) is 0 Å². The van der Waals surface area contributed by atoms with Crippen molar-refractivity contribution in [3.63, 3.8) is 0 Å². The van der Waals surface area contributed by atoms with Gasteiger partial charge in [-0.05, 0) is 61.4 Å². The third kappa shape index (κ3) is 5.47. The van der Waals surface area contributed by atoms with E-state index in [1.54, 1.807) is 12.1 Å². The fourth-order valence-corrected chi connectivity index (χ4v) is 5.04. The summed E-state index contributed by atoms with van der Waals surface area (Å²) in [5.41, 5.74) is 1.87. The lowest BCUT2D eigenvalue weighted by Crippen LogP contribution is -2.39. The molecule has 1 aliphatic carbocycles. The second kappa shape index (κ2) is 10.2. The Labute approximate surface area is 179 Å². The van der Waals surface area contributed by atoms with E-state index in [0.717, 1.165) is 25.7 Å². The molecule has 30 heavy (non-hydrogen) atoms. The van der Waals surface area contributed by atoms with Gasteiger partial charge in [0.15, 0.2) is 0 Å². The molecule has 0 aromatic heterocycles. The van der Waals surface area contributed by atoms with E-state index in [1.165, 1.54) is 24.8 Å². The summed E-state index contributed by atoms with van der Waals surface area (Å²) in [7, 11) is -0.250. The summed E-state index contributed by atoms with van der Waals surface area (Å²) in [6.07, 6.45) is 4.07. The first kappa shape index (κ1) is 22.5. The van der Waals surface area contributed by atoms with Crippen LogP contribution in [-0.4, -0.2) is 52.6 Å². The summed E-state index contributed by atoms with van der Waals surface area (Å²) in [5, 5.41) is 0. The highest BCUT2D eigenvalue weighted by molar-refractivity contribution is 7.89. The molecule has 3 rings (SSSR count). The van der Waals surface area contributed by atoms with Gasteiger partial charge >= 0.3 is 0 Å². The van der Waals surface area contributed by atoms with Crippen LogP contribution in [0.15, 0.2) is 59.5 Å². The smallest absolute Gasteiger partial charge is 0.253 e. The molecule has 0 bridgehead atoms. The average Bonchev–Trinajstić information content (AvgIpc) is 2.79. The Morgan fingerprint density at radius 2 is 1.67 bits per heavy atom. The van der Waals surface area contributed by atoms with E-state index in [1.807, 2.05) is 18.0 Å². The molecular formula is C23H30N2O4S. The zero-order chi connectivity index (χ0) is 21.6. The van der Waals surface area contributed by atoms with Gasteiger partial charge in [0.25, 0.3) is 5.91 Å². The van der Waals surface area contributed by atoms with Crippen molar-refractivity contribution in [1.29, 1.82) is 0 Å². The molecule has 6 nitrogen and oxygen atoms in total. The van der Waals surface area contributed by atoms with Gasteiger partial charge in [-0.15, -0.1) is 0 Å². The summed E-state index contributed by atoms with van der Waals surface area (Å²) in [6.45, 7) is 0.501. The lowest BCUT2D eigenvalue weighted by Gasteiger charge is -2.35. The van der Waals surface area contributed by atoms with Crippen molar-refractivity contribution in [2.24, 2.45) is 0 Å². The third-order valence-electron chi connectivity index (χ3n) is 5.85. The van der Waals surface area contributed by atoms with Crippen LogP contribution in [0.4, 0.5) is 0 Å². The van der Waals surface area contributed by atoms with Crippen molar-refractivity contribution in [3.8, 4) is 0 Å². The molecule has 162 valence electrons. The largest absolute Gasteiger partial charge is 0.383 e. The van der Waals surface area contributed by atoms with Crippen LogP contribution in [0.25, 0.3) is 0 Å². The Morgan fingerprint density at radius 3 is 2.27 bits per heavy atom. The number of hydrogen-bond acceptors (Lipinski definition) is 4. The topological polar surface area (TPSA) is 75.7 Å². The van der Waals surface area contributed by atoms with Crippen LogP contribution in [-0.2, 0) is 14.8 Å². The van der Waals surface area contributed by atoms with Gasteiger partial charge in [-0.2, -0.15) is 0 Å². The van der Waals surface area contributed by atoms with E-state index in [-0.39, 0.29) is 23.4 Å². The van der Waals surface area contributed by atoms with Crippen LogP contribution in [0.3, 0.4) is 0 Å². The minimum absolute atomic E-state index is 0.0746. The van der Waals surface area contributed by atoms with Crippen LogP contribution in [0.5, 0.6) is 0 Å². The summed E-state index contributed by atoms with van der Waals surface area (Å²) in [6, 6.07) is 16.9. The van der Waals surface area contributed by atoms with Gasteiger partial charge in [0.1, 0.15) is 0 Å². The van der Waals surface area contributed by atoms with Gasteiger partial charge in [0.05, 0.1) is 11.5 Å². The number of ether oxygens (including phenoxy) is 1. The van der Waals surface area contributed by atoms with Crippen molar-refractivity contribution in [2.45, 2.75) is 42.5 Å². The molecule has 2 aromatic rings. The summed E-state index contributed by atoms with van der Waals surface area (Å²) in [5.74, 6) is 0.482. The van der Waals surface area contributed by atoms with Crippen molar-refractivity contribution < 1.29 is 17.9 Å². The Balaban J connectivity index is 1.58. The molecule has 7 heteroatoms. The highest BCUT2D eigenvalue weighted by atomic mass is 32.2. The number of nitrogens with zero attached hydrogens (tertiary/aromatic N) is 1. The van der Waals surface area contributed by atoms with E-state index in [2.05, 4.69) is 29.0 Å². The Kier molecular flexibility index (Phi) is 7.64. The number of carbonyl (C=O) groups is 1. The first-order chi connectivity index (χ1) is 14.4. The van der Waals surface area contributed by atoms with Crippen molar-refractivity contribution in [1.82, 2.24) is 9.62 Å². The number of methoxy groups -OCH3 is 1. The van der Waals surface area contributed by atoms with Gasteiger partial charge < -0.3 is 9.64 Å². The van der Waals surface area contributed by atoms with Crippen molar-refractivity contribution in [3.05, 3.63) is 65.7 Å². The standard InChI is InChI=1S/C23H30N2O4S/c1-25(21-12-8-19(9-13-21)18-6-4-3-5-7-18)23(26)20-10-14-22(15-11-20)30(27,28)24-16-17-29-2/h3-7,10-11,14-15,19,21,24H,8-9,12-13,16-17H2,1-2H3. The van der Waals surface area contributed by atoms with E-state index in [0.29, 0.717) is 18.1 Å². The number of benzene rings is 2. The Bertz CT molecular complexity index is 921. The molecule has 0 aliphatic heterocycles. The van der Waals surface area contributed by atoms with Crippen LogP contribution >= 0.6 is 0 Å². The second-order valence-corrected chi connectivity index (χ2v) is 9.51. The maximum absolute atomic E-state index is 12.9. The summed E-state index contributed by atoms with van der Waals surface area (Å²) in [4.78, 5) is 14.9. The highest BCUT2D eigenvalue weighted by Gasteiger charge is 2.28. The molecule has 0 heterocycles. The van der Waals surface area contributed by atoms with Gasteiger partial charge in [0.2, 0.25) is 10.0 Å². The monoisotopic (exact) mass is 430 g/mol. The molecule has 2 aromatic carbocycles. The van der Waals surface area contributed by atoms with Crippen LogP contribution in [0.2, 0.25) is 0 Å². The maximum Gasteiger partial charge on any atom is 0.253 e. The van der Waals surface area contributed by atoms with Crippen LogP contribution in [0.1, 0.15) is 47.5 Å². The maximum atomic E-state index is 12.9. The Hall–Kier alpha value is -2.22. The molecule has 1 N–H and O–H groups in total. The molecule has 1 aliphatic rings. The van der Waals surface area contributed by atoms with Gasteiger partial charge in [-0.3, -0.25) is 4.79 Å². The highest BCUT2D eigenvalue weighted by Crippen LogP contribution is 2.34. The fraction of sp³-hybridized carbons (Fsp3) is 0.435. The lowest BCUT2D eigenvalue weighted by atomic mass is 9.81. The molecule has 0 spiro atoms. The van der Waals surface area contributed by atoms with Gasteiger partial charge in [-0.25, -0.2) is 13.1 Å². The number of rotatable bonds is 8. The minimum Gasteiger partial charge on any atom is -0.383 e. The van der Waals surface area contributed by atoms with Crippen molar-refractivity contribution >= 4 is 15.9 Å². The van der Waals surface area contributed by atoms with E-state index >= 15 is 0 Å². The number of amides is 1. The zero-order valence-corrected chi connectivity index (χ0v) is 18.4. The predicted octanol–water partition coefficient (Wildman–Crippen LogP) is 3.41. The first-order valence-electron chi connectivity index (χ1n) is 10.3. The fourth-order valence-electron chi connectivity index (χ4n) is 4.03. The third-order valence-corrected chi connectivity index (χ3v) is 7.32. The molecule has 0 radical (unpaired) electrons. The van der Waals surface area contributed by atoms with Crippen molar-refractivity contribution in [2.75, 3.05) is 27.3 Å². The number of sulfonamides is 1. The van der Waals surface area contributed by atoms with Crippen LogP contribution < -0.4 is 4.72 Å². The average molecular weight is 431 g/mol. The van der Waals surface area contributed by atoms with E-state index in [4.69, 9.17) is 4.74 Å². The number of carbonyl (C=O) groups excluding carboxylic acids is 1. The molecule has 1 amide bonds. The SMILES string of the molecule is COCCNS(=O)(=O)c1ccc(C(=O)N(C)C2CCC(c3ccccc3)CC2)cc1. The molecular weight excluding hydrogens is 400 g/mol. The number of hydrogen-bond donors (Lipinski definition) is 1. The summed E-state index contributed by atoms with van der Waals surface area (Å²) < 4.78 is 31.8. The Morgan fingerprint density at radius 1 is 1.03 bits per heavy atom. The molecule has 0 atom stereocenters. The first-order valence-corrected chi connectivity index (χ1v) is 11.8. The van der Waals surface area contributed by atoms with Gasteiger partial charge in [-0.1, -0.05) is 30.3 Å².